The molecular weight excluding hydrogens is 605 g/mol. The number of nitrogens with zero attached hydrogens (tertiary/aromatic N) is 4. The Balaban J connectivity index is 0.000000171. The number of rotatable bonds is 2. The van der Waals surface area contributed by atoms with Gasteiger partial charge in [0.05, 0.1) is 41.6 Å². The van der Waals surface area contributed by atoms with Crippen molar-refractivity contribution in [3.63, 3.8) is 0 Å². The van der Waals surface area contributed by atoms with E-state index in [0.29, 0.717) is 0 Å². The summed E-state index contributed by atoms with van der Waals surface area (Å²) < 4.78 is 40.7. The highest BCUT2D eigenvalue weighted by Gasteiger charge is 2.10. The van der Waals surface area contributed by atoms with Crippen LogP contribution in [0.5, 0.6) is 0 Å². The minimum absolute atomic E-state index is 1.05. The largest absolute Gasteiger partial charge is 0.759 e. The molecule has 0 unspecified atom stereocenters. The van der Waals surface area contributed by atoms with Crippen molar-refractivity contribution >= 4 is 64.9 Å². The number of aromatic nitrogens is 2. The van der Waals surface area contributed by atoms with Gasteiger partial charge >= 0.3 is 0 Å². The molecule has 0 radical (unpaired) electrons. The zero-order valence-electron chi connectivity index (χ0n) is 24.6. The Morgan fingerprint density at radius 3 is 1.33 bits per heavy atom. The molecule has 13 heteroatoms. The van der Waals surface area contributed by atoms with Crippen molar-refractivity contribution < 1.29 is 17.5 Å². The lowest BCUT2D eigenvalue weighted by Crippen LogP contribution is -2.21. The van der Waals surface area contributed by atoms with Gasteiger partial charge in [0.2, 0.25) is 10.7 Å². The van der Waals surface area contributed by atoms with E-state index in [9.17, 15) is 0 Å². The molecule has 2 aliphatic carbocycles. The van der Waals surface area contributed by atoms with Crippen LogP contribution in [0.15, 0.2) is 72.8 Å². The molecule has 0 bridgehead atoms. The highest BCUT2D eigenvalue weighted by atomic mass is 32.3. The maximum absolute atomic E-state index is 8.52. The normalized spacial score (nSPS) is 11.0. The first-order valence-corrected chi connectivity index (χ1v) is 16.0. The molecule has 2 N–H and O–H groups in total. The minimum atomic E-state index is -5.17. The van der Waals surface area contributed by atoms with Crippen molar-refractivity contribution in [3.05, 3.63) is 83.5 Å². The molecule has 0 saturated heterocycles. The summed E-state index contributed by atoms with van der Waals surface area (Å²) in [5, 5.41) is 8.74. The number of nitrogens with one attached hydrogen (secondary N) is 2. The topological polar surface area (TPSA) is 136 Å². The van der Waals surface area contributed by atoms with Crippen LogP contribution < -0.4 is 30.5 Å². The molecule has 2 aliphatic heterocycles. The highest BCUT2D eigenvalue weighted by Crippen LogP contribution is 2.32. The van der Waals surface area contributed by atoms with Crippen LogP contribution in [0.1, 0.15) is 0 Å². The lowest BCUT2D eigenvalue weighted by molar-refractivity contribution is 0.352. The first kappa shape index (κ1) is 31.9. The van der Waals surface area contributed by atoms with Gasteiger partial charge in [-0.25, -0.2) is 19.1 Å². The predicted molar refractivity (Wildman–Crippen MR) is 176 cm³/mol. The van der Waals surface area contributed by atoms with E-state index >= 15 is 0 Å². The average molecular weight is 637 g/mol. The standard InChI is InChI=1S/2C15H15N3S.H2O4S/c2*1-16-10-4-6-12-14(8-10)19-15-9-11(18(2)3)5-7-13(15)17-12;1-5(2,3)4/h2*4-9H,1-3H3;(H2,1,2,3,4). The van der Waals surface area contributed by atoms with E-state index < -0.39 is 10.4 Å². The van der Waals surface area contributed by atoms with Gasteiger partial charge in [-0.3, -0.25) is 8.42 Å². The zero-order valence-corrected chi connectivity index (χ0v) is 27.0. The van der Waals surface area contributed by atoms with E-state index in [2.05, 4.69) is 121 Å². The molecule has 224 valence electrons. The Morgan fingerprint density at radius 1 is 0.628 bits per heavy atom. The number of hydrogen-bond acceptors (Lipinski definition) is 10. The van der Waals surface area contributed by atoms with Crippen molar-refractivity contribution in [2.24, 2.45) is 0 Å². The fourth-order valence-corrected chi connectivity index (χ4v) is 6.17. The van der Waals surface area contributed by atoms with Crippen molar-refractivity contribution in [1.29, 1.82) is 0 Å². The van der Waals surface area contributed by atoms with Crippen LogP contribution >= 0.6 is 22.7 Å². The SMILES string of the molecule is CNc1ccc2nc3ccc(=[N+](C)C)cc-3sc2c1.CNc1ccc2nc3ccc(=[N+](C)C)cc-3sc2c1.O=S(=O)([O-])[O-]. The maximum Gasteiger partial charge on any atom is 0.201 e. The van der Waals surface area contributed by atoms with Crippen molar-refractivity contribution in [2.45, 2.75) is 0 Å². The Labute approximate surface area is 258 Å². The van der Waals surface area contributed by atoms with Crippen molar-refractivity contribution in [1.82, 2.24) is 19.1 Å². The van der Waals surface area contributed by atoms with Crippen LogP contribution in [-0.2, 0) is 10.4 Å². The number of benzene rings is 4. The lowest BCUT2D eigenvalue weighted by Gasteiger charge is -2.07. The third-order valence-corrected chi connectivity index (χ3v) is 8.53. The first-order chi connectivity index (χ1) is 20.3. The van der Waals surface area contributed by atoms with E-state index in [0.717, 1.165) is 33.8 Å². The van der Waals surface area contributed by atoms with Gasteiger partial charge in [-0.1, -0.05) is 0 Å². The molecule has 6 rings (SSSR count). The summed E-state index contributed by atoms with van der Waals surface area (Å²) in [4.78, 5) is 11.9. The Morgan fingerprint density at radius 2 is 1.00 bits per heavy atom. The Hall–Kier alpha value is -4.01. The van der Waals surface area contributed by atoms with E-state index in [1.165, 1.54) is 29.9 Å². The van der Waals surface area contributed by atoms with Crippen LogP contribution in [0.3, 0.4) is 0 Å². The predicted octanol–water partition coefficient (Wildman–Crippen LogP) is 3.61. The lowest BCUT2D eigenvalue weighted by atomic mass is 10.2. The van der Waals surface area contributed by atoms with E-state index in [1.807, 2.05) is 14.1 Å². The molecule has 0 amide bonds. The molecule has 2 aromatic rings. The number of anilines is 2. The zero-order chi connectivity index (χ0) is 31.3. The third kappa shape index (κ3) is 8.52. The fraction of sp³-hybridized carbons (Fsp3) is 0.200. The first-order valence-electron chi connectivity index (χ1n) is 13.1. The molecule has 43 heavy (non-hydrogen) atoms. The summed E-state index contributed by atoms with van der Waals surface area (Å²) in [5.41, 5.74) is 6.45. The fourth-order valence-electron chi connectivity index (χ4n) is 4.09. The Bertz CT molecular complexity index is 1950. The van der Waals surface area contributed by atoms with Crippen LogP contribution in [0.2, 0.25) is 0 Å². The van der Waals surface area contributed by atoms with Gasteiger partial charge in [-0.2, -0.15) is 0 Å². The maximum atomic E-state index is 8.52. The van der Waals surface area contributed by atoms with Crippen molar-refractivity contribution in [2.75, 3.05) is 52.9 Å². The Kier molecular flexibility index (Phi) is 10.0. The molecular formula is C30H32N6O4S3. The van der Waals surface area contributed by atoms with Gasteiger partial charge in [-0.15, -0.1) is 22.7 Å². The van der Waals surface area contributed by atoms with Crippen molar-refractivity contribution in [3.8, 4) is 21.1 Å². The van der Waals surface area contributed by atoms with Crippen LogP contribution in [0, 0.1) is 0 Å². The van der Waals surface area contributed by atoms with E-state index in [-0.39, 0.29) is 0 Å². The van der Waals surface area contributed by atoms with Crippen LogP contribution in [-0.4, -0.2) is 69.8 Å². The summed E-state index contributed by atoms with van der Waals surface area (Å²) in [6, 6.07) is 25.3. The smallest absolute Gasteiger partial charge is 0.201 e. The molecule has 0 spiro atoms. The third-order valence-electron chi connectivity index (χ3n) is 6.34. The molecule has 2 aromatic carbocycles. The summed E-state index contributed by atoms with van der Waals surface area (Å²) in [6.45, 7) is 0. The van der Waals surface area contributed by atoms with E-state index in [4.69, 9.17) is 27.5 Å². The second-order valence-corrected chi connectivity index (χ2v) is 12.8. The van der Waals surface area contributed by atoms with Gasteiger partial charge < -0.3 is 19.7 Å². The molecule has 10 nitrogen and oxygen atoms in total. The molecule has 0 fully saturated rings. The van der Waals surface area contributed by atoms with Gasteiger partial charge in [0.25, 0.3) is 0 Å². The molecule has 0 atom stereocenters. The number of hydrogen-bond donors (Lipinski definition) is 2. The average Bonchev–Trinajstić information content (AvgIpc) is 2.97. The van der Waals surface area contributed by atoms with Crippen LogP contribution in [0.25, 0.3) is 41.6 Å². The summed E-state index contributed by atoms with van der Waals surface area (Å²) in [6.07, 6.45) is 0. The van der Waals surface area contributed by atoms with Crippen LogP contribution in [0.4, 0.5) is 11.4 Å². The molecule has 4 aliphatic rings. The van der Waals surface area contributed by atoms with Gasteiger partial charge in [0.15, 0.2) is 0 Å². The molecule has 2 heterocycles. The van der Waals surface area contributed by atoms with Gasteiger partial charge in [0.1, 0.15) is 28.2 Å². The molecule has 0 saturated carbocycles. The number of fused-ring (bicyclic) bond motifs is 4. The summed E-state index contributed by atoms with van der Waals surface area (Å²) in [5.74, 6) is 0. The minimum Gasteiger partial charge on any atom is -0.759 e. The second kappa shape index (κ2) is 13.5. The highest BCUT2D eigenvalue weighted by molar-refractivity contribution is 7.79. The van der Waals surface area contributed by atoms with Gasteiger partial charge in [0, 0.05) is 60.1 Å². The summed E-state index contributed by atoms with van der Waals surface area (Å²) in [7, 11) is 6.92. The quantitative estimate of drug-likeness (QED) is 0.127. The second-order valence-electron chi connectivity index (χ2n) is 9.79. The van der Waals surface area contributed by atoms with Gasteiger partial charge in [-0.05, 0) is 48.5 Å². The summed E-state index contributed by atoms with van der Waals surface area (Å²) >= 11 is 3.57. The monoisotopic (exact) mass is 636 g/mol. The molecule has 0 aromatic heterocycles. The van der Waals surface area contributed by atoms with E-state index in [1.54, 1.807) is 22.7 Å².